The molecule has 7 heteroatoms. The van der Waals surface area contributed by atoms with E-state index < -0.39 is 10.0 Å². The summed E-state index contributed by atoms with van der Waals surface area (Å²) in [6.07, 6.45) is 1.54. The summed E-state index contributed by atoms with van der Waals surface area (Å²) >= 11 is 9.18. The predicted octanol–water partition coefficient (Wildman–Crippen LogP) is 3.61. The second kappa shape index (κ2) is 5.48. The van der Waals surface area contributed by atoms with Crippen LogP contribution in [0.25, 0.3) is 0 Å². The molecule has 4 nitrogen and oxygen atoms in total. The zero-order chi connectivity index (χ0) is 14.0. The van der Waals surface area contributed by atoms with E-state index in [2.05, 4.69) is 25.6 Å². The van der Waals surface area contributed by atoms with Crippen LogP contribution in [-0.4, -0.2) is 13.4 Å². The van der Waals surface area contributed by atoms with Crippen LogP contribution < -0.4 is 4.72 Å². The highest BCUT2D eigenvalue weighted by atomic mass is 79.9. The molecule has 0 fully saturated rings. The molecule has 1 aromatic heterocycles. The number of sulfonamides is 1. The van der Waals surface area contributed by atoms with Crippen LogP contribution in [0.4, 0.5) is 5.69 Å². The standard InChI is InChI=1S/C12H10BrClN2O2S/c1-8-6-10(4-5-15-8)16-19(17,18)12-3-2-9(13)7-11(12)14/h2-7H,1H3,(H,15,16). The van der Waals surface area contributed by atoms with Gasteiger partial charge in [0.15, 0.2) is 0 Å². The van der Waals surface area contributed by atoms with Gasteiger partial charge in [0, 0.05) is 16.4 Å². The van der Waals surface area contributed by atoms with Crippen molar-refractivity contribution < 1.29 is 8.42 Å². The average Bonchev–Trinajstić information content (AvgIpc) is 2.27. The Morgan fingerprint density at radius 2 is 2.00 bits per heavy atom. The first-order chi connectivity index (χ1) is 8.88. The van der Waals surface area contributed by atoms with E-state index in [-0.39, 0.29) is 9.92 Å². The SMILES string of the molecule is Cc1cc(NS(=O)(=O)c2ccc(Br)cc2Cl)ccn1. The summed E-state index contributed by atoms with van der Waals surface area (Å²) in [5, 5.41) is 0.160. The molecule has 0 saturated heterocycles. The number of rotatable bonds is 3. The number of nitrogens with one attached hydrogen (secondary N) is 1. The number of aromatic nitrogens is 1. The third kappa shape index (κ3) is 3.46. The molecule has 1 N–H and O–H groups in total. The minimum absolute atomic E-state index is 0.0341. The molecule has 0 spiro atoms. The number of pyridine rings is 1. The van der Waals surface area contributed by atoms with Crippen molar-refractivity contribution in [2.45, 2.75) is 11.8 Å². The summed E-state index contributed by atoms with van der Waals surface area (Å²) in [5.74, 6) is 0. The molecule has 0 radical (unpaired) electrons. The van der Waals surface area contributed by atoms with Gasteiger partial charge in [0.2, 0.25) is 0 Å². The minimum atomic E-state index is -3.71. The number of hydrogen-bond acceptors (Lipinski definition) is 3. The Morgan fingerprint density at radius 3 is 2.63 bits per heavy atom. The van der Waals surface area contributed by atoms with Crippen molar-refractivity contribution in [1.29, 1.82) is 0 Å². The van der Waals surface area contributed by atoms with Gasteiger partial charge in [-0.3, -0.25) is 9.71 Å². The van der Waals surface area contributed by atoms with Crippen LogP contribution in [0.1, 0.15) is 5.69 Å². The van der Waals surface area contributed by atoms with Gasteiger partial charge >= 0.3 is 0 Å². The van der Waals surface area contributed by atoms with E-state index >= 15 is 0 Å². The lowest BCUT2D eigenvalue weighted by atomic mass is 10.3. The summed E-state index contributed by atoms with van der Waals surface area (Å²) in [6, 6.07) is 7.83. The summed E-state index contributed by atoms with van der Waals surface area (Å²) in [5.41, 5.74) is 1.17. The van der Waals surface area contributed by atoms with E-state index in [0.717, 1.165) is 10.2 Å². The average molecular weight is 362 g/mol. The molecule has 2 rings (SSSR count). The largest absolute Gasteiger partial charge is 0.279 e. The lowest BCUT2D eigenvalue weighted by Gasteiger charge is -2.10. The number of benzene rings is 1. The normalized spacial score (nSPS) is 11.3. The summed E-state index contributed by atoms with van der Waals surface area (Å²) in [6.45, 7) is 1.78. The van der Waals surface area contributed by atoms with Crippen LogP contribution in [0.15, 0.2) is 45.9 Å². The molecule has 0 saturated carbocycles. The van der Waals surface area contributed by atoms with Gasteiger partial charge in [-0.2, -0.15) is 0 Å². The Hall–Kier alpha value is -1.11. The zero-order valence-corrected chi connectivity index (χ0v) is 13.1. The van der Waals surface area contributed by atoms with Crippen LogP contribution in [0.5, 0.6) is 0 Å². The molecule has 0 bridgehead atoms. The van der Waals surface area contributed by atoms with Crippen molar-refractivity contribution in [3.05, 3.63) is 51.7 Å². The van der Waals surface area contributed by atoms with Crippen LogP contribution in [0.3, 0.4) is 0 Å². The fourth-order valence-electron chi connectivity index (χ4n) is 1.51. The van der Waals surface area contributed by atoms with Gasteiger partial charge < -0.3 is 0 Å². The molecular weight excluding hydrogens is 352 g/mol. The van der Waals surface area contributed by atoms with Crippen LogP contribution in [0.2, 0.25) is 5.02 Å². The minimum Gasteiger partial charge on any atom is -0.279 e. The first-order valence-corrected chi connectivity index (χ1v) is 7.94. The van der Waals surface area contributed by atoms with Crippen LogP contribution >= 0.6 is 27.5 Å². The summed E-state index contributed by atoms with van der Waals surface area (Å²) < 4.78 is 27.6. The Balaban J connectivity index is 2.38. The van der Waals surface area contributed by atoms with E-state index in [1.165, 1.54) is 18.3 Å². The molecule has 0 aliphatic rings. The molecule has 0 atom stereocenters. The van der Waals surface area contributed by atoms with Crippen molar-refractivity contribution in [3.8, 4) is 0 Å². The first kappa shape index (κ1) is 14.3. The lowest BCUT2D eigenvalue weighted by molar-refractivity contribution is 0.601. The molecule has 1 aromatic carbocycles. The molecule has 19 heavy (non-hydrogen) atoms. The smallest absolute Gasteiger partial charge is 0.263 e. The molecule has 2 aromatic rings. The topological polar surface area (TPSA) is 59.1 Å². The van der Waals surface area contributed by atoms with Crippen LogP contribution in [0, 0.1) is 6.92 Å². The van der Waals surface area contributed by atoms with E-state index in [0.29, 0.717) is 5.69 Å². The van der Waals surface area contributed by atoms with Crippen molar-refractivity contribution in [1.82, 2.24) is 4.98 Å². The maximum absolute atomic E-state index is 12.2. The maximum Gasteiger partial charge on any atom is 0.263 e. The summed E-state index contributed by atoms with van der Waals surface area (Å²) in [7, 11) is -3.71. The zero-order valence-electron chi connectivity index (χ0n) is 9.89. The molecule has 0 aliphatic carbocycles. The number of nitrogens with zero attached hydrogens (tertiary/aromatic N) is 1. The van der Waals surface area contributed by atoms with Gasteiger partial charge in [0.1, 0.15) is 4.90 Å². The summed E-state index contributed by atoms with van der Waals surface area (Å²) in [4.78, 5) is 4.04. The van der Waals surface area contributed by atoms with Crippen molar-refractivity contribution in [2.24, 2.45) is 0 Å². The Morgan fingerprint density at radius 1 is 1.26 bits per heavy atom. The number of hydrogen-bond donors (Lipinski definition) is 1. The molecule has 1 heterocycles. The molecule has 0 amide bonds. The van der Waals surface area contributed by atoms with Gasteiger partial charge in [-0.15, -0.1) is 0 Å². The predicted molar refractivity (Wildman–Crippen MR) is 78.9 cm³/mol. The molecular formula is C12H10BrClN2O2S. The van der Waals surface area contributed by atoms with Crippen LogP contribution in [-0.2, 0) is 10.0 Å². The van der Waals surface area contributed by atoms with Crippen molar-refractivity contribution >= 4 is 43.2 Å². The maximum atomic E-state index is 12.2. The highest BCUT2D eigenvalue weighted by molar-refractivity contribution is 9.10. The van der Waals surface area contributed by atoms with Gasteiger partial charge in [-0.1, -0.05) is 27.5 Å². The van der Waals surface area contributed by atoms with E-state index in [1.54, 1.807) is 25.1 Å². The quantitative estimate of drug-likeness (QED) is 0.908. The lowest BCUT2D eigenvalue weighted by Crippen LogP contribution is -2.13. The Kier molecular flexibility index (Phi) is 4.13. The van der Waals surface area contributed by atoms with Gasteiger partial charge in [-0.05, 0) is 37.3 Å². The Bertz CT molecular complexity index is 719. The fourth-order valence-corrected chi connectivity index (χ4v) is 3.60. The number of aryl methyl sites for hydroxylation is 1. The van der Waals surface area contributed by atoms with Crippen molar-refractivity contribution in [2.75, 3.05) is 4.72 Å². The monoisotopic (exact) mass is 360 g/mol. The van der Waals surface area contributed by atoms with Crippen molar-refractivity contribution in [3.63, 3.8) is 0 Å². The van der Waals surface area contributed by atoms with E-state index in [1.807, 2.05) is 0 Å². The molecule has 100 valence electrons. The Labute approximate surface area is 125 Å². The third-order valence-electron chi connectivity index (χ3n) is 2.33. The molecule has 0 aliphatic heterocycles. The van der Waals surface area contributed by atoms with E-state index in [9.17, 15) is 8.42 Å². The second-order valence-corrected chi connectivity index (χ2v) is 6.84. The molecule has 0 unspecified atom stereocenters. The van der Waals surface area contributed by atoms with Gasteiger partial charge in [-0.25, -0.2) is 8.42 Å². The number of anilines is 1. The third-order valence-corrected chi connectivity index (χ3v) is 4.69. The van der Waals surface area contributed by atoms with Gasteiger partial charge in [0.25, 0.3) is 10.0 Å². The highest BCUT2D eigenvalue weighted by Gasteiger charge is 2.18. The van der Waals surface area contributed by atoms with E-state index in [4.69, 9.17) is 11.6 Å². The van der Waals surface area contributed by atoms with Gasteiger partial charge in [0.05, 0.1) is 10.7 Å². The fraction of sp³-hybridized carbons (Fsp3) is 0.0833. The highest BCUT2D eigenvalue weighted by Crippen LogP contribution is 2.26. The second-order valence-electron chi connectivity index (χ2n) is 3.87. The number of halogens is 2. The first-order valence-electron chi connectivity index (χ1n) is 5.29.